The highest BCUT2D eigenvalue weighted by atomic mass is 35.5. The number of nitrogens with one attached hydrogen (secondary N) is 1. The van der Waals surface area contributed by atoms with Gasteiger partial charge in [0.25, 0.3) is 5.91 Å². The second-order valence-electron chi connectivity index (χ2n) is 7.13. The fourth-order valence-electron chi connectivity index (χ4n) is 3.00. The average molecular weight is 528 g/mol. The summed E-state index contributed by atoms with van der Waals surface area (Å²) in [6.07, 6.45) is 1.11. The van der Waals surface area contributed by atoms with Crippen molar-refractivity contribution in [3.05, 3.63) is 92.9 Å². The number of para-hydroxylation sites is 1. The van der Waals surface area contributed by atoms with Crippen molar-refractivity contribution in [2.45, 2.75) is 6.54 Å². The largest absolute Gasteiger partial charge is 0.490 e. The zero-order valence-corrected chi connectivity index (χ0v) is 20.7. The SMILES string of the molecule is CS(=O)(=O)N(Cc1ccc(C(=O)NCCOc2ccccc2Cl)cc1)c1cc(Cl)cc(Cl)c1. The normalized spacial score (nSPS) is 11.2. The van der Waals surface area contributed by atoms with Crippen molar-refractivity contribution in [2.75, 3.05) is 23.7 Å². The van der Waals surface area contributed by atoms with E-state index in [0.717, 1.165) is 6.26 Å². The lowest BCUT2D eigenvalue weighted by Crippen LogP contribution is -2.29. The van der Waals surface area contributed by atoms with Crippen LogP contribution in [0.3, 0.4) is 0 Å². The van der Waals surface area contributed by atoms with Gasteiger partial charge in [0.15, 0.2) is 0 Å². The van der Waals surface area contributed by atoms with Gasteiger partial charge in [-0.1, -0.05) is 59.1 Å². The topological polar surface area (TPSA) is 75.7 Å². The molecule has 3 aromatic rings. The molecule has 0 radical (unpaired) electrons. The summed E-state index contributed by atoms with van der Waals surface area (Å²) in [5.74, 6) is 0.278. The highest BCUT2D eigenvalue weighted by Crippen LogP contribution is 2.28. The Bertz CT molecular complexity index is 1210. The third-order valence-corrected chi connectivity index (χ3v) is 6.45. The van der Waals surface area contributed by atoms with Crippen LogP contribution in [0, 0.1) is 0 Å². The van der Waals surface area contributed by atoms with E-state index in [1.54, 1.807) is 42.5 Å². The molecule has 0 fully saturated rings. The molecule has 10 heteroatoms. The van der Waals surface area contributed by atoms with Crippen LogP contribution in [0.5, 0.6) is 5.75 Å². The predicted octanol–water partition coefficient (Wildman–Crippen LogP) is 5.42. The number of rotatable bonds is 9. The Kier molecular flexibility index (Phi) is 8.48. The fraction of sp³-hybridized carbons (Fsp3) is 0.174. The minimum atomic E-state index is -3.60. The zero-order chi connectivity index (χ0) is 24.0. The maximum Gasteiger partial charge on any atom is 0.251 e. The highest BCUT2D eigenvalue weighted by Gasteiger charge is 2.19. The summed E-state index contributed by atoms with van der Waals surface area (Å²) in [7, 11) is -3.60. The maximum absolute atomic E-state index is 12.4. The van der Waals surface area contributed by atoms with Gasteiger partial charge in [-0.3, -0.25) is 9.10 Å². The Labute approximate surface area is 208 Å². The number of halogens is 3. The van der Waals surface area contributed by atoms with E-state index in [1.807, 2.05) is 6.07 Å². The molecule has 0 aliphatic heterocycles. The van der Waals surface area contributed by atoms with Crippen LogP contribution < -0.4 is 14.4 Å². The molecule has 0 aliphatic carbocycles. The number of hydrogen-bond acceptors (Lipinski definition) is 4. The van der Waals surface area contributed by atoms with Crippen LogP contribution in [-0.4, -0.2) is 33.7 Å². The van der Waals surface area contributed by atoms with Gasteiger partial charge in [0.1, 0.15) is 12.4 Å². The van der Waals surface area contributed by atoms with Crippen molar-refractivity contribution in [3.8, 4) is 5.75 Å². The first kappa shape index (κ1) is 25.2. The van der Waals surface area contributed by atoms with Crippen LogP contribution >= 0.6 is 34.8 Å². The van der Waals surface area contributed by atoms with E-state index in [0.29, 0.717) is 44.2 Å². The van der Waals surface area contributed by atoms with Crippen molar-refractivity contribution in [3.63, 3.8) is 0 Å². The van der Waals surface area contributed by atoms with Gasteiger partial charge in [0.05, 0.1) is 30.1 Å². The molecule has 0 heterocycles. The second kappa shape index (κ2) is 11.1. The van der Waals surface area contributed by atoms with Crippen molar-refractivity contribution >= 4 is 56.4 Å². The number of anilines is 1. The Morgan fingerprint density at radius 1 is 0.970 bits per heavy atom. The summed E-state index contributed by atoms with van der Waals surface area (Å²) in [4.78, 5) is 12.4. The van der Waals surface area contributed by atoms with E-state index in [9.17, 15) is 13.2 Å². The Hall–Kier alpha value is -2.45. The molecule has 1 N–H and O–H groups in total. The molecule has 0 bridgehead atoms. The number of carbonyl (C=O) groups excluding carboxylic acids is 1. The fourth-order valence-corrected chi connectivity index (χ4v) is 4.58. The number of benzene rings is 3. The third-order valence-electron chi connectivity index (χ3n) is 4.56. The van der Waals surface area contributed by atoms with E-state index in [4.69, 9.17) is 39.5 Å². The lowest BCUT2D eigenvalue weighted by molar-refractivity contribution is 0.0947. The first-order chi connectivity index (χ1) is 15.6. The average Bonchev–Trinajstić information content (AvgIpc) is 2.75. The number of sulfonamides is 1. The molecule has 0 saturated heterocycles. The Morgan fingerprint density at radius 2 is 1.61 bits per heavy atom. The van der Waals surface area contributed by atoms with E-state index in [-0.39, 0.29) is 19.1 Å². The smallest absolute Gasteiger partial charge is 0.251 e. The van der Waals surface area contributed by atoms with Crippen LogP contribution in [-0.2, 0) is 16.6 Å². The van der Waals surface area contributed by atoms with Crippen LogP contribution in [0.25, 0.3) is 0 Å². The van der Waals surface area contributed by atoms with Crippen LogP contribution in [0.4, 0.5) is 5.69 Å². The molecule has 174 valence electrons. The summed E-state index contributed by atoms with van der Waals surface area (Å²) in [6, 6.07) is 18.3. The van der Waals surface area contributed by atoms with Gasteiger partial charge >= 0.3 is 0 Å². The molecule has 0 aliphatic rings. The number of ether oxygens (including phenoxy) is 1. The maximum atomic E-state index is 12.4. The Balaban J connectivity index is 1.61. The van der Waals surface area contributed by atoms with E-state index in [1.165, 1.54) is 22.5 Å². The van der Waals surface area contributed by atoms with Crippen molar-refractivity contribution < 1.29 is 17.9 Å². The molecule has 1 amide bonds. The molecular formula is C23H21Cl3N2O4S. The first-order valence-electron chi connectivity index (χ1n) is 9.82. The molecule has 6 nitrogen and oxygen atoms in total. The predicted molar refractivity (Wildman–Crippen MR) is 133 cm³/mol. The van der Waals surface area contributed by atoms with Gasteiger partial charge in [-0.05, 0) is 48.0 Å². The molecule has 3 rings (SSSR count). The van der Waals surface area contributed by atoms with Crippen molar-refractivity contribution in [1.29, 1.82) is 0 Å². The lowest BCUT2D eigenvalue weighted by atomic mass is 10.1. The molecule has 33 heavy (non-hydrogen) atoms. The van der Waals surface area contributed by atoms with Gasteiger partial charge in [0, 0.05) is 15.6 Å². The minimum Gasteiger partial charge on any atom is -0.490 e. The summed E-state index contributed by atoms with van der Waals surface area (Å²) in [6.45, 7) is 0.616. The number of nitrogens with zero attached hydrogens (tertiary/aromatic N) is 1. The summed E-state index contributed by atoms with van der Waals surface area (Å²) >= 11 is 18.1. The minimum absolute atomic E-state index is 0.0586. The standard InChI is InChI=1S/C23H21Cl3N2O4S/c1-33(30,31)28(20-13-18(24)12-19(25)14-20)15-16-6-8-17(9-7-16)23(29)27-10-11-32-22-5-3-2-4-21(22)26/h2-9,12-14H,10-11,15H2,1H3,(H,27,29). The van der Waals surface area contributed by atoms with E-state index < -0.39 is 10.0 Å². The molecule has 0 unspecified atom stereocenters. The van der Waals surface area contributed by atoms with Gasteiger partial charge in [0.2, 0.25) is 10.0 Å². The number of hydrogen-bond donors (Lipinski definition) is 1. The van der Waals surface area contributed by atoms with Gasteiger partial charge in [-0.15, -0.1) is 0 Å². The summed E-state index contributed by atoms with van der Waals surface area (Å²) in [5.41, 5.74) is 1.48. The summed E-state index contributed by atoms with van der Waals surface area (Å²) < 4.78 is 31.5. The molecule has 0 atom stereocenters. The molecule has 0 spiro atoms. The molecule has 0 aromatic heterocycles. The number of carbonyl (C=O) groups is 1. The van der Waals surface area contributed by atoms with Crippen molar-refractivity contribution in [1.82, 2.24) is 5.32 Å². The van der Waals surface area contributed by atoms with Crippen LogP contribution in [0.15, 0.2) is 66.7 Å². The molecule has 0 saturated carbocycles. The van der Waals surface area contributed by atoms with Crippen molar-refractivity contribution in [2.24, 2.45) is 0 Å². The van der Waals surface area contributed by atoms with Gasteiger partial charge in [-0.25, -0.2) is 8.42 Å². The van der Waals surface area contributed by atoms with Crippen LogP contribution in [0.1, 0.15) is 15.9 Å². The van der Waals surface area contributed by atoms with E-state index >= 15 is 0 Å². The highest BCUT2D eigenvalue weighted by molar-refractivity contribution is 7.92. The van der Waals surface area contributed by atoms with Gasteiger partial charge < -0.3 is 10.1 Å². The monoisotopic (exact) mass is 526 g/mol. The van der Waals surface area contributed by atoms with Gasteiger partial charge in [-0.2, -0.15) is 0 Å². The molecule has 3 aromatic carbocycles. The summed E-state index contributed by atoms with van der Waals surface area (Å²) in [5, 5.41) is 3.93. The quantitative estimate of drug-likeness (QED) is 0.377. The second-order valence-corrected chi connectivity index (χ2v) is 10.3. The van der Waals surface area contributed by atoms with Crippen LogP contribution in [0.2, 0.25) is 15.1 Å². The zero-order valence-electron chi connectivity index (χ0n) is 17.6. The van der Waals surface area contributed by atoms with E-state index in [2.05, 4.69) is 5.32 Å². The number of amides is 1. The lowest BCUT2D eigenvalue weighted by Gasteiger charge is -2.23. The third kappa shape index (κ3) is 7.27. The first-order valence-corrected chi connectivity index (χ1v) is 12.8. The Morgan fingerprint density at radius 3 is 2.21 bits per heavy atom. The molecular weight excluding hydrogens is 507 g/mol.